The van der Waals surface area contributed by atoms with Crippen molar-refractivity contribution < 1.29 is 4.79 Å². The first-order valence-corrected chi connectivity index (χ1v) is 21.8. The zero-order valence-corrected chi connectivity index (χ0v) is 32.8. The molecule has 0 aromatic heterocycles. The predicted molar refractivity (Wildman–Crippen MR) is 209 cm³/mol. The predicted octanol–water partition coefficient (Wildman–Crippen LogP) is 15.2. The minimum Gasteiger partial charge on any atom is -0.309 e. The number of carbonyl (C=O) groups excluding carboxylic acids is 1. The summed E-state index contributed by atoms with van der Waals surface area (Å²) < 4.78 is 0. The van der Waals surface area contributed by atoms with Crippen molar-refractivity contribution in [2.75, 3.05) is 20.6 Å². The maximum atomic E-state index is 12.8. The van der Waals surface area contributed by atoms with Gasteiger partial charge in [0.1, 0.15) is 5.78 Å². The van der Waals surface area contributed by atoms with Crippen molar-refractivity contribution in [3.8, 4) is 0 Å². The van der Waals surface area contributed by atoms with E-state index in [1.165, 1.54) is 218 Å². The van der Waals surface area contributed by atoms with Gasteiger partial charge < -0.3 is 4.90 Å². The molecule has 0 N–H and O–H groups in total. The first-order chi connectivity index (χ1) is 22.6. The third-order valence-electron chi connectivity index (χ3n) is 10.5. The Hall–Kier alpha value is -0.370. The van der Waals surface area contributed by atoms with E-state index in [0.29, 0.717) is 11.7 Å². The maximum absolute atomic E-state index is 12.8. The third kappa shape index (κ3) is 38.1. The highest BCUT2D eigenvalue weighted by molar-refractivity contribution is 5.78. The summed E-state index contributed by atoms with van der Waals surface area (Å²) >= 11 is 0. The van der Waals surface area contributed by atoms with Crippen LogP contribution in [0.25, 0.3) is 0 Å². The molecule has 0 saturated heterocycles. The fourth-order valence-electron chi connectivity index (χ4n) is 7.33. The Bertz CT molecular complexity index is 536. The molecule has 2 nitrogen and oxygen atoms in total. The highest BCUT2D eigenvalue weighted by atomic mass is 16.1. The standard InChI is InChI=1S/C44H89NO/c1-5-7-9-11-13-15-17-19-21-23-25-27-29-31-33-35-38-43(42-44(46)40-37-41-45(3)4)39-36-34-32-30-28-26-24-22-20-18-16-14-12-10-8-6-2/h43H,5-42H2,1-4H3. The molecule has 0 aliphatic heterocycles. The van der Waals surface area contributed by atoms with Crippen molar-refractivity contribution in [1.29, 1.82) is 0 Å². The molecule has 0 rings (SSSR count). The van der Waals surface area contributed by atoms with Gasteiger partial charge in [0, 0.05) is 12.8 Å². The lowest BCUT2D eigenvalue weighted by Gasteiger charge is -2.17. The Morgan fingerprint density at radius 1 is 0.391 bits per heavy atom. The van der Waals surface area contributed by atoms with Crippen LogP contribution in [-0.2, 0) is 4.79 Å². The van der Waals surface area contributed by atoms with Gasteiger partial charge in [-0.15, -0.1) is 0 Å². The fraction of sp³-hybridized carbons (Fsp3) is 0.977. The number of nitrogens with zero attached hydrogens (tertiary/aromatic N) is 1. The lowest BCUT2D eigenvalue weighted by atomic mass is 9.89. The Kier molecular flexibility index (Phi) is 38.8. The minimum absolute atomic E-state index is 0.528. The van der Waals surface area contributed by atoms with Gasteiger partial charge in [0.05, 0.1) is 0 Å². The smallest absolute Gasteiger partial charge is 0.133 e. The topological polar surface area (TPSA) is 20.3 Å². The van der Waals surface area contributed by atoms with Crippen LogP contribution in [0.3, 0.4) is 0 Å². The number of hydrogen-bond donors (Lipinski definition) is 0. The molecular formula is C44H89NO. The van der Waals surface area contributed by atoms with Crippen molar-refractivity contribution >= 4 is 5.78 Å². The third-order valence-corrected chi connectivity index (χ3v) is 10.5. The van der Waals surface area contributed by atoms with Crippen LogP contribution >= 0.6 is 0 Å². The van der Waals surface area contributed by atoms with Crippen molar-refractivity contribution in [1.82, 2.24) is 4.90 Å². The molecule has 0 saturated carbocycles. The summed E-state index contributed by atoms with van der Waals surface area (Å²) in [4.78, 5) is 15.0. The average molecular weight is 648 g/mol. The summed E-state index contributed by atoms with van der Waals surface area (Å²) in [5, 5.41) is 0. The summed E-state index contributed by atoms with van der Waals surface area (Å²) in [7, 11) is 4.23. The van der Waals surface area contributed by atoms with E-state index in [9.17, 15) is 4.79 Å². The number of hydrogen-bond acceptors (Lipinski definition) is 2. The average Bonchev–Trinajstić information content (AvgIpc) is 3.04. The minimum atomic E-state index is 0.528. The molecule has 46 heavy (non-hydrogen) atoms. The van der Waals surface area contributed by atoms with Crippen LogP contribution < -0.4 is 0 Å². The van der Waals surface area contributed by atoms with Gasteiger partial charge in [0.2, 0.25) is 0 Å². The van der Waals surface area contributed by atoms with Gasteiger partial charge in [-0.1, -0.05) is 232 Å². The van der Waals surface area contributed by atoms with E-state index < -0.39 is 0 Å². The highest BCUT2D eigenvalue weighted by Gasteiger charge is 2.14. The Morgan fingerprint density at radius 3 is 0.913 bits per heavy atom. The molecule has 0 fully saturated rings. The first-order valence-electron chi connectivity index (χ1n) is 21.8. The van der Waals surface area contributed by atoms with Gasteiger partial charge in [-0.05, 0) is 33.0 Å². The van der Waals surface area contributed by atoms with Gasteiger partial charge in [0.15, 0.2) is 0 Å². The molecule has 2 heteroatoms. The molecule has 0 bridgehead atoms. The van der Waals surface area contributed by atoms with E-state index >= 15 is 0 Å². The summed E-state index contributed by atoms with van der Waals surface area (Å²) in [6.07, 6.45) is 51.0. The second-order valence-electron chi connectivity index (χ2n) is 15.7. The van der Waals surface area contributed by atoms with Crippen LogP contribution in [-0.4, -0.2) is 31.3 Å². The van der Waals surface area contributed by atoms with E-state index in [1.54, 1.807) is 0 Å². The second-order valence-corrected chi connectivity index (χ2v) is 15.7. The molecule has 0 heterocycles. The molecule has 0 amide bonds. The summed E-state index contributed by atoms with van der Waals surface area (Å²) in [5.41, 5.74) is 0. The Morgan fingerprint density at radius 2 is 0.652 bits per heavy atom. The quantitative estimate of drug-likeness (QED) is 0.0617. The van der Waals surface area contributed by atoms with E-state index in [2.05, 4.69) is 32.8 Å². The molecule has 0 radical (unpaired) electrons. The summed E-state index contributed by atoms with van der Waals surface area (Å²) in [6, 6.07) is 0. The summed E-state index contributed by atoms with van der Waals surface area (Å²) in [6.45, 7) is 5.64. The molecule has 0 atom stereocenters. The van der Waals surface area contributed by atoms with Crippen LogP contribution in [0.15, 0.2) is 0 Å². The molecule has 0 aliphatic rings. The van der Waals surface area contributed by atoms with Gasteiger partial charge in [-0.2, -0.15) is 0 Å². The fourth-order valence-corrected chi connectivity index (χ4v) is 7.33. The van der Waals surface area contributed by atoms with Crippen LogP contribution in [0, 0.1) is 5.92 Å². The normalized spacial score (nSPS) is 11.8. The van der Waals surface area contributed by atoms with Crippen molar-refractivity contribution in [3.63, 3.8) is 0 Å². The number of ketones is 1. The SMILES string of the molecule is CCCCCCCCCCCCCCCCCCC(CCCCCCCCCCCCCCCCCC)CC(=O)CCCN(C)C. The van der Waals surface area contributed by atoms with Crippen molar-refractivity contribution in [3.05, 3.63) is 0 Å². The van der Waals surface area contributed by atoms with E-state index in [4.69, 9.17) is 0 Å². The van der Waals surface area contributed by atoms with Gasteiger partial charge in [-0.3, -0.25) is 4.79 Å². The van der Waals surface area contributed by atoms with E-state index in [-0.39, 0.29) is 0 Å². The second kappa shape index (κ2) is 39.1. The summed E-state index contributed by atoms with van der Waals surface area (Å²) in [5.74, 6) is 1.17. The number of rotatable bonds is 40. The number of carbonyl (C=O) groups is 1. The number of Topliss-reactive ketones (excluding diaryl/α,β-unsaturated/α-hetero) is 1. The maximum Gasteiger partial charge on any atom is 0.133 e. The van der Waals surface area contributed by atoms with Crippen molar-refractivity contribution in [2.24, 2.45) is 5.92 Å². The zero-order valence-electron chi connectivity index (χ0n) is 32.8. The Balaban J connectivity index is 3.85. The first kappa shape index (κ1) is 45.6. The van der Waals surface area contributed by atoms with Crippen LogP contribution in [0.5, 0.6) is 0 Å². The monoisotopic (exact) mass is 648 g/mol. The number of unbranched alkanes of at least 4 members (excludes halogenated alkanes) is 30. The van der Waals surface area contributed by atoms with E-state index in [1.807, 2.05) is 0 Å². The molecule has 0 unspecified atom stereocenters. The molecule has 0 aliphatic carbocycles. The molecular weight excluding hydrogens is 558 g/mol. The van der Waals surface area contributed by atoms with Gasteiger partial charge in [-0.25, -0.2) is 0 Å². The van der Waals surface area contributed by atoms with Gasteiger partial charge >= 0.3 is 0 Å². The van der Waals surface area contributed by atoms with Gasteiger partial charge in [0.25, 0.3) is 0 Å². The molecule has 0 spiro atoms. The van der Waals surface area contributed by atoms with E-state index in [0.717, 1.165) is 25.8 Å². The van der Waals surface area contributed by atoms with Crippen molar-refractivity contribution in [2.45, 2.75) is 251 Å². The lowest BCUT2D eigenvalue weighted by Crippen LogP contribution is -2.15. The zero-order chi connectivity index (χ0) is 33.6. The van der Waals surface area contributed by atoms with Crippen LogP contribution in [0.1, 0.15) is 251 Å². The lowest BCUT2D eigenvalue weighted by molar-refractivity contribution is -0.120. The molecule has 0 aromatic carbocycles. The van der Waals surface area contributed by atoms with Crippen LogP contribution in [0.4, 0.5) is 0 Å². The highest BCUT2D eigenvalue weighted by Crippen LogP contribution is 2.24. The molecule has 276 valence electrons. The largest absolute Gasteiger partial charge is 0.309 e. The van der Waals surface area contributed by atoms with Crippen LogP contribution in [0.2, 0.25) is 0 Å². The Labute approximate surface area is 292 Å². The molecule has 0 aromatic rings.